The van der Waals surface area contributed by atoms with Crippen LogP contribution in [-0.4, -0.2) is 6.04 Å². The normalized spacial score (nSPS) is 12.1. The molecule has 0 saturated heterocycles. The van der Waals surface area contributed by atoms with Crippen molar-refractivity contribution in [3.05, 3.63) is 34.9 Å². The first-order valence-electron chi connectivity index (χ1n) is 4.16. The van der Waals surface area contributed by atoms with Crippen molar-refractivity contribution in [1.29, 1.82) is 0 Å². The molecule has 1 nitrogen and oxygen atoms in total. The topological polar surface area (TPSA) is 12.0 Å². The molecule has 0 aliphatic rings. The standard InChI is InChI=1S/C11H12ClN/c1-3-9(2)13-8-10-4-6-11(12)7-5-10/h1,4-7,9,13H,8H2,2H3. The van der Waals surface area contributed by atoms with E-state index < -0.39 is 0 Å². The van der Waals surface area contributed by atoms with Crippen LogP contribution in [0.2, 0.25) is 5.02 Å². The third-order valence-corrected chi connectivity index (χ3v) is 2.03. The summed E-state index contributed by atoms with van der Waals surface area (Å²) in [6.45, 7) is 2.73. The van der Waals surface area contributed by atoms with E-state index in [1.807, 2.05) is 31.2 Å². The van der Waals surface area contributed by atoms with Crippen LogP contribution in [-0.2, 0) is 6.54 Å². The van der Waals surface area contributed by atoms with Crippen molar-refractivity contribution in [3.63, 3.8) is 0 Å². The molecule has 1 atom stereocenters. The van der Waals surface area contributed by atoms with Crippen molar-refractivity contribution in [2.75, 3.05) is 0 Å². The van der Waals surface area contributed by atoms with Gasteiger partial charge in [-0.25, -0.2) is 0 Å². The van der Waals surface area contributed by atoms with E-state index in [1.165, 1.54) is 5.56 Å². The molecule has 0 aromatic heterocycles. The van der Waals surface area contributed by atoms with Gasteiger partial charge in [0.2, 0.25) is 0 Å². The van der Waals surface area contributed by atoms with E-state index in [0.29, 0.717) is 0 Å². The summed E-state index contributed by atoms with van der Waals surface area (Å²) in [7, 11) is 0. The second-order valence-corrected chi connectivity index (χ2v) is 3.33. The molecular weight excluding hydrogens is 182 g/mol. The van der Waals surface area contributed by atoms with Gasteiger partial charge in [-0.15, -0.1) is 6.42 Å². The molecular formula is C11H12ClN. The highest BCUT2D eigenvalue weighted by Gasteiger charge is 1.96. The number of halogens is 1. The highest BCUT2D eigenvalue weighted by atomic mass is 35.5. The smallest absolute Gasteiger partial charge is 0.0660 e. The second-order valence-electron chi connectivity index (χ2n) is 2.90. The first-order chi connectivity index (χ1) is 6.22. The predicted octanol–water partition coefficient (Wildman–Crippen LogP) is 2.45. The van der Waals surface area contributed by atoms with E-state index in [4.69, 9.17) is 18.0 Å². The maximum absolute atomic E-state index is 5.75. The Bertz CT molecular complexity index is 297. The molecule has 0 heterocycles. The Labute approximate surface area is 84.1 Å². The Morgan fingerprint density at radius 1 is 1.46 bits per heavy atom. The highest BCUT2D eigenvalue weighted by molar-refractivity contribution is 6.30. The number of nitrogens with one attached hydrogen (secondary N) is 1. The Balaban J connectivity index is 2.47. The number of rotatable bonds is 3. The van der Waals surface area contributed by atoms with E-state index in [9.17, 15) is 0 Å². The van der Waals surface area contributed by atoms with Crippen molar-refractivity contribution in [2.45, 2.75) is 19.5 Å². The lowest BCUT2D eigenvalue weighted by Crippen LogP contribution is -2.23. The maximum Gasteiger partial charge on any atom is 0.0660 e. The molecule has 0 amide bonds. The van der Waals surface area contributed by atoms with Gasteiger partial charge in [0.15, 0.2) is 0 Å². The molecule has 1 aromatic rings. The van der Waals surface area contributed by atoms with Gasteiger partial charge < -0.3 is 0 Å². The molecule has 0 radical (unpaired) electrons. The summed E-state index contributed by atoms with van der Waals surface area (Å²) in [6, 6.07) is 7.82. The predicted molar refractivity (Wildman–Crippen MR) is 56.6 cm³/mol. The number of terminal acetylenes is 1. The summed E-state index contributed by atoms with van der Waals surface area (Å²) < 4.78 is 0. The molecule has 0 saturated carbocycles. The van der Waals surface area contributed by atoms with Crippen LogP contribution in [0, 0.1) is 12.3 Å². The van der Waals surface area contributed by atoms with Crippen molar-refractivity contribution < 1.29 is 0 Å². The van der Waals surface area contributed by atoms with Crippen LogP contribution in [0.15, 0.2) is 24.3 Å². The van der Waals surface area contributed by atoms with Crippen LogP contribution >= 0.6 is 11.6 Å². The third-order valence-electron chi connectivity index (χ3n) is 1.78. The van der Waals surface area contributed by atoms with E-state index in [-0.39, 0.29) is 6.04 Å². The fourth-order valence-electron chi connectivity index (χ4n) is 0.932. The average molecular weight is 194 g/mol. The summed E-state index contributed by atoms with van der Waals surface area (Å²) >= 11 is 5.75. The SMILES string of the molecule is C#CC(C)NCc1ccc(Cl)cc1. The average Bonchev–Trinajstić information content (AvgIpc) is 2.16. The van der Waals surface area contributed by atoms with Crippen LogP contribution in [0.4, 0.5) is 0 Å². The Hall–Kier alpha value is -0.970. The fraction of sp³-hybridized carbons (Fsp3) is 0.273. The lowest BCUT2D eigenvalue weighted by Gasteiger charge is -2.06. The van der Waals surface area contributed by atoms with E-state index in [0.717, 1.165) is 11.6 Å². The molecule has 1 unspecified atom stereocenters. The molecule has 1 N–H and O–H groups in total. The Morgan fingerprint density at radius 2 is 2.08 bits per heavy atom. The minimum atomic E-state index is 0.107. The molecule has 0 fully saturated rings. The zero-order valence-corrected chi connectivity index (χ0v) is 8.31. The third kappa shape index (κ3) is 3.50. The highest BCUT2D eigenvalue weighted by Crippen LogP contribution is 2.09. The molecule has 1 aromatic carbocycles. The van der Waals surface area contributed by atoms with E-state index in [2.05, 4.69) is 11.2 Å². The van der Waals surface area contributed by atoms with Gasteiger partial charge in [0.1, 0.15) is 0 Å². The summed E-state index contributed by atoms with van der Waals surface area (Å²) in [5.41, 5.74) is 1.19. The van der Waals surface area contributed by atoms with Gasteiger partial charge in [-0.2, -0.15) is 0 Å². The quantitative estimate of drug-likeness (QED) is 0.728. The van der Waals surface area contributed by atoms with Gasteiger partial charge in [-0.3, -0.25) is 5.32 Å². The fourth-order valence-corrected chi connectivity index (χ4v) is 1.06. The Morgan fingerprint density at radius 3 is 2.62 bits per heavy atom. The van der Waals surface area contributed by atoms with Crippen LogP contribution < -0.4 is 5.32 Å². The first-order valence-corrected chi connectivity index (χ1v) is 4.54. The van der Waals surface area contributed by atoms with Gasteiger partial charge in [0, 0.05) is 11.6 Å². The van der Waals surface area contributed by atoms with Crippen molar-refractivity contribution >= 4 is 11.6 Å². The van der Waals surface area contributed by atoms with Crippen LogP contribution in [0.5, 0.6) is 0 Å². The zero-order chi connectivity index (χ0) is 9.68. The summed E-state index contributed by atoms with van der Waals surface area (Å²) in [6.07, 6.45) is 5.23. The van der Waals surface area contributed by atoms with Crippen molar-refractivity contribution in [2.24, 2.45) is 0 Å². The number of hydrogen-bond acceptors (Lipinski definition) is 1. The van der Waals surface area contributed by atoms with Gasteiger partial charge in [-0.05, 0) is 24.6 Å². The molecule has 0 spiro atoms. The Kier molecular flexibility index (Phi) is 3.82. The minimum Gasteiger partial charge on any atom is -0.300 e. The van der Waals surface area contributed by atoms with Crippen molar-refractivity contribution in [1.82, 2.24) is 5.32 Å². The van der Waals surface area contributed by atoms with E-state index in [1.54, 1.807) is 0 Å². The summed E-state index contributed by atoms with van der Waals surface area (Å²) in [4.78, 5) is 0. The molecule has 2 heteroatoms. The zero-order valence-electron chi connectivity index (χ0n) is 7.55. The molecule has 1 rings (SSSR count). The van der Waals surface area contributed by atoms with Crippen LogP contribution in [0.1, 0.15) is 12.5 Å². The molecule has 13 heavy (non-hydrogen) atoms. The van der Waals surface area contributed by atoms with Gasteiger partial charge in [-0.1, -0.05) is 29.7 Å². The van der Waals surface area contributed by atoms with Gasteiger partial charge in [0.05, 0.1) is 6.04 Å². The van der Waals surface area contributed by atoms with Crippen LogP contribution in [0.3, 0.4) is 0 Å². The van der Waals surface area contributed by atoms with Gasteiger partial charge >= 0.3 is 0 Å². The molecule has 0 bridgehead atoms. The molecule has 0 aliphatic carbocycles. The van der Waals surface area contributed by atoms with Crippen molar-refractivity contribution in [3.8, 4) is 12.3 Å². The maximum atomic E-state index is 5.75. The largest absolute Gasteiger partial charge is 0.300 e. The first kappa shape index (κ1) is 10.1. The molecule has 68 valence electrons. The summed E-state index contributed by atoms with van der Waals surface area (Å²) in [5, 5.41) is 3.95. The number of benzene rings is 1. The number of hydrogen-bond donors (Lipinski definition) is 1. The monoisotopic (exact) mass is 193 g/mol. The summed E-state index contributed by atoms with van der Waals surface area (Å²) in [5.74, 6) is 2.61. The lowest BCUT2D eigenvalue weighted by atomic mass is 10.2. The van der Waals surface area contributed by atoms with Crippen LogP contribution in [0.25, 0.3) is 0 Å². The van der Waals surface area contributed by atoms with E-state index >= 15 is 0 Å². The second kappa shape index (κ2) is 4.91. The minimum absolute atomic E-state index is 0.107. The van der Waals surface area contributed by atoms with Gasteiger partial charge in [0.25, 0.3) is 0 Å². The lowest BCUT2D eigenvalue weighted by molar-refractivity contribution is 0.648. The molecule has 0 aliphatic heterocycles.